The summed E-state index contributed by atoms with van der Waals surface area (Å²) >= 11 is 0. The number of rotatable bonds is 4. The van der Waals surface area contributed by atoms with Crippen LogP contribution in [-0.2, 0) is 11.2 Å². The zero-order chi connectivity index (χ0) is 16.3. The molecule has 0 bridgehead atoms. The Bertz CT molecular complexity index is 566. The number of ether oxygens (including phenoxy) is 1. The van der Waals surface area contributed by atoms with Gasteiger partial charge in [0.1, 0.15) is 12.4 Å². The zero-order valence-electron chi connectivity index (χ0n) is 13.7. The first-order valence-electron chi connectivity index (χ1n) is 7.51. The van der Waals surface area contributed by atoms with Crippen LogP contribution in [0.3, 0.4) is 0 Å². The summed E-state index contributed by atoms with van der Waals surface area (Å²) in [4.78, 5) is 14.2. The van der Waals surface area contributed by atoms with Gasteiger partial charge in [-0.05, 0) is 29.5 Å². The minimum absolute atomic E-state index is 0.00603. The van der Waals surface area contributed by atoms with Gasteiger partial charge in [-0.15, -0.1) is 6.42 Å². The lowest BCUT2D eigenvalue weighted by Crippen LogP contribution is -2.45. The fourth-order valence-electron chi connectivity index (χ4n) is 2.81. The van der Waals surface area contributed by atoms with Gasteiger partial charge in [0.2, 0.25) is 5.91 Å². The standard InChI is InChI=1S/C18H24N2O2/c1-6-11-22-14-9-7-13(8-10-14)12-15-16(21)20(5)17(19-15)18(2,3)4/h1,7-10,15,17,19H,11-12H2,2-5H3/t15-,17-/m0/s1. The van der Waals surface area contributed by atoms with Crippen LogP contribution in [-0.4, -0.2) is 36.7 Å². The Hall–Kier alpha value is -1.99. The van der Waals surface area contributed by atoms with Gasteiger partial charge in [0.05, 0.1) is 12.2 Å². The zero-order valence-corrected chi connectivity index (χ0v) is 13.7. The van der Waals surface area contributed by atoms with Crippen molar-refractivity contribution in [3.05, 3.63) is 29.8 Å². The van der Waals surface area contributed by atoms with Gasteiger partial charge in [-0.3, -0.25) is 10.1 Å². The van der Waals surface area contributed by atoms with Gasteiger partial charge in [0.25, 0.3) is 0 Å². The number of carbonyl (C=O) groups is 1. The molecule has 1 aliphatic heterocycles. The number of hydrogen-bond donors (Lipinski definition) is 1. The number of hydrogen-bond acceptors (Lipinski definition) is 3. The monoisotopic (exact) mass is 300 g/mol. The van der Waals surface area contributed by atoms with Crippen LogP contribution in [0.1, 0.15) is 26.3 Å². The molecule has 0 spiro atoms. The Kier molecular flexibility index (Phi) is 4.77. The summed E-state index contributed by atoms with van der Waals surface area (Å²) in [6.45, 7) is 6.66. The topological polar surface area (TPSA) is 41.6 Å². The summed E-state index contributed by atoms with van der Waals surface area (Å²) in [5, 5.41) is 3.45. The first kappa shape index (κ1) is 16.4. The van der Waals surface area contributed by atoms with Gasteiger partial charge in [-0.2, -0.15) is 0 Å². The molecule has 4 nitrogen and oxygen atoms in total. The van der Waals surface area contributed by atoms with Crippen LogP contribution >= 0.6 is 0 Å². The summed E-state index contributed by atoms with van der Waals surface area (Å²) in [6.07, 6.45) is 5.90. The third-order valence-electron chi connectivity index (χ3n) is 3.90. The van der Waals surface area contributed by atoms with Crippen molar-refractivity contribution in [1.29, 1.82) is 0 Å². The average Bonchev–Trinajstić information content (AvgIpc) is 2.75. The molecule has 2 atom stereocenters. The smallest absolute Gasteiger partial charge is 0.241 e. The van der Waals surface area contributed by atoms with Crippen molar-refractivity contribution >= 4 is 5.91 Å². The van der Waals surface area contributed by atoms with Crippen molar-refractivity contribution in [2.45, 2.75) is 39.4 Å². The van der Waals surface area contributed by atoms with E-state index in [-0.39, 0.29) is 30.1 Å². The largest absolute Gasteiger partial charge is 0.481 e. The van der Waals surface area contributed by atoms with E-state index in [0.29, 0.717) is 6.42 Å². The molecule has 2 rings (SSSR count). The molecule has 0 unspecified atom stereocenters. The number of likely N-dealkylation sites (N-methyl/N-ethyl adjacent to an activating group) is 1. The summed E-state index contributed by atoms with van der Waals surface area (Å²) in [6, 6.07) is 7.55. The van der Waals surface area contributed by atoms with Crippen LogP contribution < -0.4 is 10.1 Å². The van der Waals surface area contributed by atoms with Crippen molar-refractivity contribution in [2.75, 3.05) is 13.7 Å². The fourth-order valence-corrected chi connectivity index (χ4v) is 2.81. The van der Waals surface area contributed by atoms with Crippen molar-refractivity contribution in [3.63, 3.8) is 0 Å². The summed E-state index contributed by atoms with van der Waals surface area (Å²) in [5.41, 5.74) is 1.10. The highest BCUT2D eigenvalue weighted by Crippen LogP contribution is 2.27. The molecule has 1 fully saturated rings. The molecule has 1 aromatic carbocycles. The number of nitrogens with one attached hydrogen (secondary N) is 1. The van der Waals surface area contributed by atoms with Gasteiger partial charge in [0, 0.05) is 7.05 Å². The van der Waals surface area contributed by atoms with Crippen molar-refractivity contribution in [3.8, 4) is 18.1 Å². The second kappa shape index (κ2) is 6.41. The van der Waals surface area contributed by atoms with E-state index in [1.165, 1.54) is 0 Å². The van der Waals surface area contributed by atoms with E-state index in [2.05, 4.69) is 32.0 Å². The molecule has 4 heteroatoms. The van der Waals surface area contributed by atoms with Crippen LogP contribution in [0.4, 0.5) is 0 Å². The predicted octanol–water partition coefficient (Wildman–Crippen LogP) is 2.04. The Morgan fingerprint density at radius 2 is 1.95 bits per heavy atom. The molecule has 0 aliphatic carbocycles. The van der Waals surface area contributed by atoms with E-state index < -0.39 is 0 Å². The van der Waals surface area contributed by atoms with E-state index in [0.717, 1.165) is 11.3 Å². The minimum Gasteiger partial charge on any atom is -0.481 e. The Balaban J connectivity index is 2.02. The van der Waals surface area contributed by atoms with Gasteiger partial charge < -0.3 is 9.64 Å². The van der Waals surface area contributed by atoms with E-state index in [4.69, 9.17) is 11.2 Å². The molecular weight excluding hydrogens is 276 g/mol. The fraction of sp³-hybridized carbons (Fsp3) is 0.500. The lowest BCUT2D eigenvalue weighted by atomic mass is 9.92. The first-order valence-corrected chi connectivity index (χ1v) is 7.51. The Morgan fingerprint density at radius 3 is 2.45 bits per heavy atom. The normalized spacial score (nSPS) is 21.8. The summed E-state index contributed by atoms with van der Waals surface area (Å²) in [7, 11) is 1.86. The van der Waals surface area contributed by atoms with Crippen LogP contribution in [0, 0.1) is 17.8 Å². The second-order valence-electron chi connectivity index (χ2n) is 6.78. The van der Waals surface area contributed by atoms with Crippen molar-refractivity contribution < 1.29 is 9.53 Å². The summed E-state index contributed by atoms with van der Waals surface area (Å²) in [5.74, 6) is 3.33. The third kappa shape index (κ3) is 3.61. The molecule has 1 saturated heterocycles. The van der Waals surface area contributed by atoms with Crippen LogP contribution in [0.5, 0.6) is 5.75 Å². The molecule has 1 N–H and O–H groups in total. The number of benzene rings is 1. The van der Waals surface area contributed by atoms with E-state index in [1.54, 1.807) is 0 Å². The molecule has 1 aliphatic rings. The minimum atomic E-state index is -0.174. The second-order valence-corrected chi connectivity index (χ2v) is 6.78. The first-order chi connectivity index (χ1) is 10.3. The Labute approximate surface area is 132 Å². The average molecular weight is 300 g/mol. The van der Waals surface area contributed by atoms with Gasteiger partial charge in [0.15, 0.2) is 0 Å². The van der Waals surface area contributed by atoms with Gasteiger partial charge >= 0.3 is 0 Å². The number of carbonyl (C=O) groups excluding carboxylic acids is 1. The maximum Gasteiger partial charge on any atom is 0.241 e. The molecule has 1 aromatic rings. The van der Waals surface area contributed by atoms with Crippen LogP contribution in [0.2, 0.25) is 0 Å². The van der Waals surface area contributed by atoms with E-state index in [9.17, 15) is 4.79 Å². The quantitative estimate of drug-likeness (QED) is 0.865. The molecular formula is C18H24N2O2. The molecule has 1 amide bonds. The molecule has 0 aromatic heterocycles. The SMILES string of the molecule is C#CCOc1ccc(C[C@@H]2N[C@H](C(C)(C)C)N(C)C2=O)cc1. The molecule has 0 saturated carbocycles. The van der Waals surface area contributed by atoms with E-state index >= 15 is 0 Å². The van der Waals surface area contributed by atoms with Crippen molar-refractivity contribution in [1.82, 2.24) is 10.2 Å². The highest BCUT2D eigenvalue weighted by molar-refractivity contribution is 5.84. The number of amides is 1. The third-order valence-corrected chi connectivity index (χ3v) is 3.90. The molecule has 0 radical (unpaired) electrons. The maximum absolute atomic E-state index is 12.4. The number of nitrogens with zero attached hydrogens (tertiary/aromatic N) is 1. The predicted molar refractivity (Wildman–Crippen MR) is 87.4 cm³/mol. The Morgan fingerprint density at radius 1 is 1.32 bits per heavy atom. The number of terminal acetylenes is 1. The van der Waals surface area contributed by atoms with Gasteiger partial charge in [-0.25, -0.2) is 0 Å². The van der Waals surface area contributed by atoms with Crippen LogP contribution in [0.15, 0.2) is 24.3 Å². The molecule has 118 valence electrons. The van der Waals surface area contributed by atoms with Gasteiger partial charge in [-0.1, -0.05) is 38.8 Å². The summed E-state index contributed by atoms with van der Waals surface area (Å²) < 4.78 is 5.35. The van der Waals surface area contributed by atoms with Crippen molar-refractivity contribution in [2.24, 2.45) is 5.41 Å². The van der Waals surface area contributed by atoms with E-state index in [1.807, 2.05) is 36.2 Å². The maximum atomic E-state index is 12.4. The molecule has 1 heterocycles. The lowest BCUT2D eigenvalue weighted by Gasteiger charge is -2.32. The highest BCUT2D eigenvalue weighted by atomic mass is 16.5. The highest BCUT2D eigenvalue weighted by Gasteiger charge is 2.42. The van der Waals surface area contributed by atoms with Crippen LogP contribution in [0.25, 0.3) is 0 Å². The molecule has 22 heavy (non-hydrogen) atoms. The lowest BCUT2D eigenvalue weighted by molar-refractivity contribution is -0.129.